The van der Waals surface area contributed by atoms with Gasteiger partial charge in [-0.2, -0.15) is 5.10 Å². The summed E-state index contributed by atoms with van der Waals surface area (Å²) in [6, 6.07) is 8.50. The van der Waals surface area contributed by atoms with Crippen molar-refractivity contribution in [3.63, 3.8) is 0 Å². The molecule has 1 aliphatic heterocycles. The maximum atomic E-state index is 12.6. The van der Waals surface area contributed by atoms with Crippen molar-refractivity contribution < 1.29 is 9.53 Å². The van der Waals surface area contributed by atoms with Gasteiger partial charge in [0.1, 0.15) is 0 Å². The van der Waals surface area contributed by atoms with Crippen molar-refractivity contribution in [1.29, 1.82) is 0 Å². The Labute approximate surface area is 149 Å². The number of carbonyl (C=O) groups excluding carboxylic acids is 1. The minimum absolute atomic E-state index is 0.0451. The van der Waals surface area contributed by atoms with Gasteiger partial charge >= 0.3 is 0 Å². The van der Waals surface area contributed by atoms with Crippen molar-refractivity contribution >= 4 is 5.91 Å². The molecule has 134 valence electrons. The number of carbonyl (C=O) groups is 1. The lowest BCUT2D eigenvalue weighted by molar-refractivity contribution is -0.0272. The van der Waals surface area contributed by atoms with Crippen LogP contribution in [0, 0.1) is 26.7 Å². The van der Waals surface area contributed by atoms with E-state index in [9.17, 15) is 4.79 Å². The lowest BCUT2D eigenvalue weighted by Gasteiger charge is -2.32. The van der Waals surface area contributed by atoms with Crippen LogP contribution in [0.4, 0.5) is 0 Å². The van der Waals surface area contributed by atoms with E-state index in [0.29, 0.717) is 12.1 Å². The SMILES string of the molecule is Cc1ccc([C@@H]2OCCC[C@H]2CNC(=O)c2c(C)nn(C)c2C)cc1. The fourth-order valence-corrected chi connectivity index (χ4v) is 3.59. The molecule has 25 heavy (non-hydrogen) atoms. The first-order valence-corrected chi connectivity index (χ1v) is 8.94. The third kappa shape index (κ3) is 3.76. The number of ether oxygens (including phenoxy) is 1. The molecule has 5 nitrogen and oxygen atoms in total. The molecule has 1 N–H and O–H groups in total. The highest BCUT2D eigenvalue weighted by Crippen LogP contribution is 2.33. The summed E-state index contributed by atoms with van der Waals surface area (Å²) < 4.78 is 7.79. The highest BCUT2D eigenvalue weighted by Gasteiger charge is 2.28. The van der Waals surface area contributed by atoms with E-state index in [1.165, 1.54) is 11.1 Å². The monoisotopic (exact) mass is 341 g/mol. The zero-order valence-electron chi connectivity index (χ0n) is 15.5. The molecule has 1 aromatic heterocycles. The van der Waals surface area contributed by atoms with Gasteiger partial charge in [0.15, 0.2) is 0 Å². The van der Waals surface area contributed by atoms with Gasteiger partial charge in [0.2, 0.25) is 0 Å². The number of amides is 1. The van der Waals surface area contributed by atoms with Crippen LogP contribution >= 0.6 is 0 Å². The summed E-state index contributed by atoms with van der Waals surface area (Å²) in [6.45, 7) is 7.28. The van der Waals surface area contributed by atoms with Gasteiger partial charge in [-0.15, -0.1) is 0 Å². The maximum Gasteiger partial charge on any atom is 0.255 e. The molecule has 1 fully saturated rings. The van der Waals surface area contributed by atoms with E-state index in [-0.39, 0.29) is 17.9 Å². The summed E-state index contributed by atoms with van der Waals surface area (Å²) in [7, 11) is 1.86. The van der Waals surface area contributed by atoms with Crippen LogP contribution in [-0.2, 0) is 11.8 Å². The van der Waals surface area contributed by atoms with Gasteiger partial charge in [0.05, 0.1) is 17.4 Å². The van der Waals surface area contributed by atoms with Crippen LogP contribution in [-0.4, -0.2) is 28.8 Å². The third-order valence-corrected chi connectivity index (χ3v) is 5.11. The number of aryl methyl sites for hydroxylation is 3. The zero-order valence-corrected chi connectivity index (χ0v) is 15.5. The molecule has 0 saturated carbocycles. The van der Waals surface area contributed by atoms with E-state index in [2.05, 4.69) is 41.6 Å². The van der Waals surface area contributed by atoms with Crippen molar-refractivity contribution in [2.45, 2.75) is 39.7 Å². The topological polar surface area (TPSA) is 56.1 Å². The van der Waals surface area contributed by atoms with Crippen molar-refractivity contribution in [2.24, 2.45) is 13.0 Å². The predicted molar refractivity (Wildman–Crippen MR) is 97.6 cm³/mol. The maximum absolute atomic E-state index is 12.6. The molecular formula is C20H27N3O2. The quantitative estimate of drug-likeness (QED) is 0.929. The Kier molecular flexibility index (Phi) is 5.23. The van der Waals surface area contributed by atoms with Crippen molar-refractivity contribution in [2.75, 3.05) is 13.2 Å². The summed E-state index contributed by atoms with van der Waals surface area (Å²) in [5, 5.41) is 7.43. The molecule has 1 amide bonds. The molecule has 1 aliphatic rings. The summed E-state index contributed by atoms with van der Waals surface area (Å²) in [5.41, 5.74) is 4.79. The smallest absolute Gasteiger partial charge is 0.255 e. The van der Waals surface area contributed by atoms with Crippen molar-refractivity contribution in [3.8, 4) is 0 Å². The fourth-order valence-electron chi connectivity index (χ4n) is 3.59. The summed E-state index contributed by atoms with van der Waals surface area (Å²) in [4.78, 5) is 12.6. The highest BCUT2D eigenvalue weighted by atomic mass is 16.5. The molecule has 3 rings (SSSR count). The van der Waals surface area contributed by atoms with Gasteiger partial charge in [0.25, 0.3) is 5.91 Å². The van der Waals surface area contributed by atoms with Gasteiger partial charge in [-0.1, -0.05) is 29.8 Å². The standard InChI is InChI=1S/C20H27N3O2/c1-13-7-9-16(10-8-13)19-17(6-5-11-25-19)12-21-20(24)18-14(2)22-23(4)15(18)3/h7-10,17,19H,5-6,11-12H2,1-4H3,(H,21,24)/t17-,19-/m0/s1. The lowest BCUT2D eigenvalue weighted by atomic mass is 9.89. The number of aromatic nitrogens is 2. The Bertz CT molecular complexity index is 749. The molecule has 0 unspecified atom stereocenters. The minimum Gasteiger partial charge on any atom is -0.373 e. The molecule has 0 aliphatic carbocycles. The first-order valence-electron chi connectivity index (χ1n) is 8.94. The third-order valence-electron chi connectivity index (χ3n) is 5.11. The Hall–Kier alpha value is -2.14. The normalized spacial score (nSPS) is 20.5. The van der Waals surface area contributed by atoms with E-state index < -0.39 is 0 Å². The Morgan fingerprint density at radius 2 is 2.00 bits per heavy atom. The van der Waals surface area contributed by atoms with E-state index in [0.717, 1.165) is 30.8 Å². The first-order chi connectivity index (χ1) is 12.0. The highest BCUT2D eigenvalue weighted by molar-refractivity contribution is 5.96. The Morgan fingerprint density at radius 3 is 2.64 bits per heavy atom. The molecule has 0 bridgehead atoms. The number of nitrogens with zero attached hydrogens (tertiary/aromatic N) is 2. The van der Waals surface area contributed by atoms with Crippen LogP contribution in [0.5, 0.6) is 0 Å². The molecule has 2 heterocycles. The number of hydrogen-bond acceptors (Lipinski definition) is 3. The fraction of sp³-hybridized carbons (Fsp3) is 0.500. The van der Waals surface area contributed by atoms with Crippen LogP contribution in [0.1, 0.15) is 51.8 Å². The van der Waals surface area contributed by atoms with Crippen molar-refractivity contribution in [3.05, 3.63) is 52.3 Å². The molecule has 1 saturated heterocycles. The summed E-state index contributed by atoms with van der Waals surface area (Å²) in [6.07, 6.45) is 2.14. The van der Waals surface area contributed by atoms with Crippen LogP contribution in [0.3, 0.4) is 0 Å². The number of hydrogen-bond donors (Lipinski definition) is 1. The Balaban J connectivity index is 1.69. The van der Waals surface area contributed by atoms with E-state index in [4.69, 9.17) is 4.74 Å². The van der Waals surface area contributed by atoms with Crippen LogP contribution in [0.2, 0.25) is 0 Å². The number of nitrogens with one attached hydrogen (secondary N) is 1. The number of rotatable bonds is 4. The average molecular weight is 341 g/mol. The van der Waals surface area contributed by atoms with Crippen LogP contribution in [0.25, 0.3) is 0 Å². The van der Waals surface area contributed by atoms with Crippen LogP contribution < -0.4 is 5.32 Å². The Morgan fingerprint density at radius 1 is 1.28 bits per heavy atom. The second-order valence-electron chi connectivity index (χ2n) is 6.98. The molecule has 2 aromatic rings. The van der Waals surface area contributed by atoms with Gasteiger partial charge in [0, 0.05) is 31.8 Å². The van der Waals surface area contributed by atoms with E-state index in [1.54, 1.807) is 4.68 Å². The van der Waals surface area contributed by atoms with Gasteiger partial charge < -0.3 is 10.1 Å². The largest absolute Gasteiger partial charge is 0.373 e. The molecule has 2 atom stereocenters. The van der Waals surface area contributed by atoms with Crippen LogP contribution in [0.15, 0.2) is 24.3 Å². The van der Waals surface area contributed by atoms with Gasteiger partial charge in [-0.25, -0.2) is 0 Å². The predicted octanol–water partition coefficient (Wildman–Crippen LogP) is 3.24. The van der Waals surface area contributed by atoms with E-state index >= 15 is 0 Å². The molecular weight excluding hydrogens is 314 g/mol. The van der Waals surface area contributed by atoms with E-state index in [1.807, 2.05) is 20.9 Å². The second-order valence-corrected chi connectivity index (χ2v) is 6.98. The average Bonchev–Trinajstić information content (AvgIpc) is 2.86. The summed E-state index contributed by atoms with van der Waals surface area (Å²) in [5.74, 6) is 0.244. The molecule has 5 heteroatoms. The number of benzene rings is 1. The zero-order chi connectivity index (χ0) is 18.0. The molecule has 0 radical (unpaired) electrons. The second kappa shape index (κ2) is 7.40. The van der Waals surface area contributed by atoms with Gasteiger partial charge in [-0.3, -0.25) is 9.48 Å². The minimum atomic E-state index is -0.0451. The van der Waals surface area contributed by atoms with Gasteiger partial charge in [-0.05, 0) is 39.2 Å². The first kappa shape index (κ1) is 17.7. The molecule has 0 spiro atoms. The molecule has 1 aromatic carbocycles. The van der Waals surface area contributed by atoms with Crippen molar-refractivity contribution in [1.82, 2.24) is 15.1 Å². The lowest BCUT2D eigenvalue weighted by Crippen LogP contribution is -2.35. The summed E-state index contributed by atoms with van der Waals surface area (Å²) >= 11 is 0.